The van der Waals surface area contributed by atoms with E-state index in [1.165, 1.54) is 11.8 Å². The van der Waals surface area contributed by atoms with E-state index >= 15 is 0 Å². The number of aliphatic imine (C=N–C) groups is 1. The Balaban J connectivity index is 1.84. The molecular formula is C14H6BrCl2IN2O2S. The number of carbonyl (C=O) groups excluding carboxylic acids is 1. The molecular weight excluding hydrogens is 538 g/mol. The highest BCUT2D eigenvalue weighted by Gasteiger charge is 2.24. The monoisotopic (exact) mass is 542 g/mol. The van der Waals surface area contributed by atoms with Gasteiger partial charge in [0.25, 0.3) is 5.91 Å². The quantitative estimate of drug-likeness (QED) is 0.382. The van der Waals surface area contributed by atoms with E-state index in [9.17, 15) is 4.79 Å². The summed E-state index contributed by atoms with van der Waals surface area (Å²) >= 11 is 18.5. The molecule has 2 aromatic rings. The smallest absolute Gasteiger partial charge is 0.264 e. The third-order valence-electron chi connectivity index (χ3n) is 2.72. The Labute approximate surface area is 168 Å². The minimum absolute atomic E-state index is 0.226. The predicted octanol–water partition coefficient (Wildman–Crippen LogP) is 5.85. The van der Waals surface area contributed by atoms with Crippen LogP contribution in [0, 0.1) is 3.77 Å². The van der Waals surface area contributed by atoms with E-state index in [-0.39, 0.29) is 5.91 Å². The molecule has 0 bridgehead atoms. The molecule has 0 radical (unpaired) electrons. The fraction of sp³-hybridized carbons (Fsp3) is 0. The van der Waals surface area contributed by atoms with Gasteiger partial charge in [0.05, 0.1) is 25.1 Å². The van der Waals surface area contributed by atoms with E-state index in [0.29, 0.717) is 31.6 Å². The number of benzene rings is 1. The van der Waals surface area contributed by atoms with Crippen molar-refractivity contribution in [3.05, 3.63) is 53.2 Å². The minimum atomic E-state index is -0.226. The number of rotatable bonds is 2. The molecule has 1 fully saturated rings. The van der Waals surface area contributed by atoms with Crippen molar-refractivity contribution in [2.75, 3.05) is 0 Å². The van der Waals surface area contributed by atoms with Crippen molar-refractivity contribution in [3.8, 4) is 0 Å². The summed E-state index contributed by atoms with van der Waals surface area (Å²) in [5, 5.41) is 4.04. The van der Waals surface area contributed by atoms with Crippen LogP contribution in [0.25, 0.3) is 6.08 Å². The standard InChI is InChI=1S/C14H6BrCl2IN2O2S/c15-8-4-7(22-12(8)18)5-11-13(21)20-14(23-11)19-6-1-2-9(16)10(17)3-6/h1-5H,(H,19,20,21)/b11-5-. The van der Waals surface area contributed by atoms with Crippen LogP contribution in [0.1, 0.15) is 5.76 Å². The highest BCUT2D eigenvalue weighted by Crippen LogP contribution is 2.32. The largest absolute Gasteiger partial charge is 0.450 e. The molecule has 1 N–H and O–H groups in total. The van der Waals surface area contributed by atoms with Crippen molar-refractivity contribution < 1.29 is 9.21 Å². The normalized spacial score (nSPS) is 18.0. The Kier molecular flexibility index (Phi) is 5.42. The molecule has 2 heterocycles. The van der Waals surface area contributed by atoms with E-state index in [0.717, 1.165) is 8.24 Å². The molecule has 1 aliphatic rings. The van der Waals surface area contributed by atoms with Crippen molar-refractivity contribution in [3.63, 3.8) is 0 Å². The van der Waals surface area contributed by atoms with Gasteiger partial charge >= 0.3 is 0 Å². The number of halogens is 4. The molecule has 23 heavy (non-hydrogen) atoms. The maximum atomic E-state index is 12.0. The van der Waals surface area contributed by atoms with Gasteiger partial charge < -0.3 is 9.73 Å². The predicted molar refractivity (Wildman–Crippen MR) is 106 cm³/mol. The Hall–Kier alpha value is -0.480. The third-order valence-corrected chi connectivity index (χ3v) is 6.50. The average Bonchev–Trinajstić information content (AvgIpc) is 2.98. The number of carbonyl (C=O) groups is 1. The van der Waals surface area contributed by atoms with Crippen molar-refractivity contribution in [2.24, 2.45) is 4.99 Å². The number of amidine groups is 1. The van der Waals surface area contributed by atoms with Crippen molar-refractivity contribution in [1.82, 2.24) is 5.32 Å². The molecule has 0 unspecified atom stereocenters. The van der Waals surface area contributed by atoms with Crippen molar-refractivity contribution >= 4 is 96.3 Å². The summed E-state index contributed by atoms with van der Waals surface area (Å²) in [6, 6.07) is 6.82. The fourth-order valence-corrected chi connectivity index (χ4v) is 3.55. The van der Waals surface area contributed by atoms with Crippen LogP contribution in [-0.2, 0) is 4.79 Å². The Morgan fingerprint density at radius 3 is 2.74 bits per heavy atom. The van der Waals surface area contributed by atoms with Crippen LogP contribution < -0.4 is 5.32 Å². The molecule has 1 aromatic heterocycles. The zero-order valence-corrected chi connectivity index (χ0v) is 17.1. The zero-order valence-electron chi connectivity index (χ0n) is 11.1. The van der Waals surface area contributed by atoms with Gasteiger partial charge in [-0.05, 0) is 52.0 Å². The summed E-state index contributed by atoms with van der Waals surface area (Å²) in [5.41, 5.74) is 0.610. The molecule has 0 aliphatic carbocycles. The van der Waals surface area contributed by atoms with Crippen molar-refractivity contribution in [2.45, 2.75) is 0 Å². The lowest BCUT2D eigenvalue weighted by Gasteiger charge is -1.98. The molecule has 4 nitrogen and oxygen atoms in total. The number of thioether (sulfide) groups is 1. The second-order valence-electron chi connectivity index (χ2n) is 4.35. The second kappa shape index (κ2) is 7.18. The average molecular weight is 544 g/mol. The Bertz CT molecular complexity index is 847. The van der Waals surface area contributed by atoms with Gasteiger partial charge in [-0.2, -0.15) is 0 Å². The van der Waals surface area contributed by atoms with E-state index in [1.54, 1.807) is 30.3 Å². The molecule has 1 aliphatic heterocycles. The molecule has 0 atom stereocenters. The molecule has 118 valence electrons. The van der Waals surface area contributed by atoms with Crippen LogP contribution in [0.2, 0.25) is 10.0 Å². The van der Waals surface area contributed by atoms with Gasteiger partial charge in [-0.3, -0.25) is 4.79 Å². The summed E-state index contributed by atoms with van der Waals surface area (Å²) in [4.78, 5) is 16.9. The van der Waals surface area contributed by atoms with E-state index in [1.807, 2.05) is 0 Å². The van der Waals surface area contributed by atoms with E-state index in [2.05, 4.69) is 48.8 Å². The Morgan fingerprint density at radius 1 is 1.30 bits per heavy atom. The molecule has 3 rings (SSSR count). The van der Waals surface area contributed by atoms with Crippen LogP contribution in [0.15, 0.2) is 43.1 Å². The number of furan rings is 1. The van der Waals surface area contributed by atoms with Crippen LogP contribution in [0.5, 0.6) is 0 Å². The number of nitrogens with zero attached hydrogens (tertiary/aromatic N) is 1. The lowest BCUT2D eigenvalue weighted by Crippen LogP contribution is -2.19. The molecule has 1 saturated heterocycles. The highest BCUT2D eigenvalue weighted by molar-refractivity contribution is 14.1. The van der Waals surface area contributed by atoms with Crippen LogP contribution in [0.3, 0.4) is 0 Å². The number of hydrogen-bond acceptors (Lipinski definition) is 4. The van der Waals surface area contributed by atoms with Gasteiger partial charge in [-0.1, -0.05) is 23.2 Å². The van der Waals surface area contributed by atoms with E-state index < -0.39 is 0 Å². The lowest BCUT2D eigenvalue weighted by atomic mass is 10.3. The topological polar surface area (TPSA) is 54.6 Å². The highest BCUT2D eigenvalue weighted by atomic mass is 127. The fourth-order valence-electron chi connectivity index (χ4n) is 1.72. The van der Waals surface area contributed by atoms with Gasteiger partial charge in [-0.15, -0.1) is 0 Å². The molecule has 0 saturated carbocycles. The van der Waals surface area contributed by atoms with Gasteiger partial charge in [0, 0.05) is 28.7 Å². The molecule has 1 aromatic carbocycles. The first-order chi connectivity index (χ1) is 10.9. The second-order valence-corrected chi connectivity index (χ2v) is 8.03. The first-order valence-electron chi connectivity index (χ1n) is 6.12. The maximum absolute atomic E-state index is 12.0. The molecule has 1 amide bonds. The minimum Gasteiger partial charge on any atom is -0.450 e. The Morgan fingerprint density at radius 2 is 2.09 bits per heavy atom. The third kappa shape index (κ3) is 4.14. The molecule has 9 heteroatoms. The van der Waals surface area contributed by atoms with Gasteiger partial charge in [-0.25, -0.2) is 4.99 Å². The summed E-state index contributed by atoms with van der Waals surface area (Å²) in [5.74, 6) is 0.367. The number of amides is 1. The lowest BCUT2D eigenvalue weighted by molar-refractivity contribution is -0.115. The van der Waals surface area contributed by atoms with Crippen LogP contribution in [0.4, 0.5) is 5.69 Å². The van der Waals surface area contributed by atoms with Crippen LogP contribution in [-0.4, -0.2) is 11.1 Å². The van der Waals surface area contributed by atoms with E-state index in [4.69, 9.17) is 27.6 Å². The first-order valence-corrected chi connectivity index (χ1v) is 9.56. The summed E-state index contributed by atoms with van der Waals surface area (Å²) in [7, 11) is 0. The van der Waals surface area contributed by atoms with Gasteiger partial charge in [0.1, 0.15) is 5.76 Å². The van der Waals surface area contributed by atoms with Gasteiger partial charge in [0.15, 0.2) is 8.93 Å². The van der Waals surface area contributed by atoms with Crippen molar-refractivity contribution in [1.29, 1.82) is 0 Å². The first kappa shape index (κ1) is 17.3. The van der Waals surface area contributed by atoms with Gasteiger partial charge in [0.2, 0.25) is 0 Å². The SMILES string of the molecule is O=C1NC(=Nc2ccc(Cl)c(Cl)c2)S/C1=C\c1cc(Br)c(I)o1. The zero-order chi connectivity index (χ0) is 16.6. The summed E-state index contributed by atoms with van der Waals surface area (Å²) in [6.07, 6.45) is 1.67. The number of nitrogens with one attached hydrogen (secondary N) is 1. The number of hydrogen-bond donors (Lipinski definition) is 1. The molecule has 0 spiro atoms. The maximum Gasteiger partial charge on any atom is 0.264 e. The summed E-state index contributed by atoms with van der Waals surface area (Å²) in [6.45, 7) is 0. The van der Waals surface area contributed by atoms with Crippen LogP contribution >= 0.6 is 73.5 Å². The summed E-state index contributed by atoms with van der Waals surface area (Å²) < 4.78 is 7.08.